The van der Waals surface area contributed by atoms with Crippen LogP contribution in [-0.4, -0.2) is 91.8 Å². The molecule has 11 heteroatoms. The molecule has 3 unspecified atom stereocenters. The molecule has 0 aromatic carbocycles. The van der Waals surface area contributed by atoms with Gasteiger partial charge in [-0.25, -0.2) is 4.79 Å². The third-order valence-corrected chi connectivity index (χ3v) is 5.89. The molecule has 4 atom stereocenters. The number of amides is 3. The molecule has 0 bridgehead atoms. The first kappa shape index (κ1) is 25.0. The maximum Gasteiger partial charge on any atom is 0.426 e. The van der Waals surface area contributed by atoms with Crippen molar-refractivity contribution in [2.45, 2.75) is 51.8 Å². The number of Topliss-reactive ketones (excluding diaryl/α,β-unsaturated/α-hetero) is 1. The Hall–Kier alpha value is -2.24. The quantitative estimate of drug-likeness (QED) is 0.495. The number of nitrogens with zero attached hydrogens (tertiary/aromatic N) is 2. The van der Waals surface area contributed by atoms with E-state index in [4.69, 9.17) is 20.0 Å². The summed E-state index contributed by atoms with van der Waals surface area (Å²) in [6.07, 6.45) is -0.944. The second-order valence-corrected chi connectivity index (χ2v) is 8.41. The summed E-state index contributed by atoms with van der Waals surface area (Å²) in [6, 6.07) is -2.05. The summed E-state index contributed by atoms with van der Waals surface area (Å²) in [5, 5.41) is 4.09. The van der Waals surface area contributed by atoms with Gasteiger partial charge in [-0.15, -0.1) is 5.06 Å². The van der Waals surface area contributed by atoms with Crippen LogP contribution in [0.2, 0.25) is 0 Å². The van der Waals surface area contributed by atoms with Gasteiger partial charge >= 0.3 is 6.09 Å². The average molecular weight is 443 g/mol. The van der Waals surface area contributed by atoms with Gasteiger partial charge in [-0.05, 0) is 24.7 Å². The predicted octanol–water partition coefficient (Wildman–Crippen LogP) is -0.319. The Balaban J connectivity index is 2.09. The van der Waals surface area contributed by atoms with Gasteiger partial charge in [0.05, 0.1) is 26.3 Å². The zero-order chi connectivity index (χ0) is 23.1. The largest absolute Gasteiger partial charge is 0.426 e. The summed E-state index contributed by atoms with van der Waals surface area (Å²) in [5.74, 6) is -1.03. The van der Waals surface area contributed by atoms with E-state index in [2.05, 4.69) is 26.1 Å². The van der Waals surface area contributed by atoms with Crippen LogP contribution in [0, 0.1) is 11.8 Å². The van der Waals surface area contributed by atoms with Crippen molar-refractivity contribution >= 4 is 23.7 Å². The fraction of sp³-hybridized carbons (Fsp3) is 0.800. The minimum atomic E-state index is -1.21. The molecule has 0 saturated carbocycles. The van der Waals surface area contributed by atoms with E-state index in [1.54, 1.807) is 0 Å². The molecule has 2 fully saturated rings. The molecule has 0 aromatic rings. The molecular formula is C20H34N4O7. The zero-order valence-electron chi connectivity index (χ0n) is 18.7. The summed E-state index contributed by atoms with van der Waals surface area (Å²) in [6.45, 7) is 7.70. The molecule has 2 rings (SSSR count). The summed E-state index contributed by atoms with van der Waals surface area (Å²) in [5.41, 5.74) is 5.32. The number of likely N-dealkylation sites (N-methyl/N-ethyl adjacent to an activating group) is 1. The van der Waals surface area contributed by atoms with Gasteiger partial charge < -0.3 is 30.3 Å². The van der Waals surface area contributed by atoms with Crippen LogP contribution in [0.4, 0.5) is 4.79 Å². The highest BCUT2D eigenvalue weighted by Crippen LogP contribution is 2.21. The molecular weight excluding hydrogens is 408 g/mol. The van der Waals surface area contributed by atoms with E-state index in [-0.39, 0.29) is 6.61 Å². The molecule has 3 amide bonds. The minimum absolute atomic E-state index is 0.294. The van der Waals surface area contributed by atoms with Gasteiger partial charge in [-0.3, -0.25) is 14.4 Å². The van der Waals surface area contributed by atoms with E-state index in [0.29, 0.717) is 51.0 Å². The molecule has 2 aliphatic rings. The monoisotopic (exact) mass is 442 g/mol. The summed E-state index contributed by atoms with van der Waals surface area (Å²) in [4.78, 5) is 56.0. The second-order valence-electron chi connectivity index (χ2n) is 8.41. The molecule has 0 aromatic heterocycles. The highest BCUT2D eigenvalue weighted by molar-refractivity contribution is 5.99. The Bertz CT molecular complexity index is 666. The number of carbonyl (C=O) groups excluding carboxylic acids is 4. The van der Waals surface area contributed by atoms with Gasteiger partial charge in [0.1, 0.15) is 18.7 Å². The van der Waals surface area contributed by atoms with Gasteiger partial charge in [0.25, 0.3) is 0 Å². The molecule has 31 heavy (non-hydrogen) atoms. The van der Waals surface area contributed by atoms with E-state index in [1.807, 2.05) is 0 Å². The van der Waals surface area contributed by atoms with Gasteiger partial charge in [0.2, 0.25) is 11.8 Å². The van der Waals surface area contributed by atoms with Crippen LogP contribution >= 0.6 is 0 Å². The number of morpholine rings is 1. The fourth-order valence-electron chi connectivity index (χ4n) is 3.50. The fourth-order valence-corrected chi connectivity index (χ4v) is 3.50. The van der Waals surface area contributed by atoms with Crippen LogP contribution in [-0.2, 0) is 28.7 Å². The number of nitrogens with one attached hydrogen (secondary N) is 1. The molecule has 3 N–H and O–H groups in total. The van der Waals surface area contributed by atoms with Crippen LogP contribution in [0.3, 0.4) is 0 Å². The molecule has 0 spiro atoms. The van der Waals surface area contributed by atoms with Gasteiger partial charge in [0, 0.05) is 7.05 Å². The number of hydrogen-bond acceptors (Lipinski definition) is 8. The molecule has 176 valence electrons. The summed E-state index contributed by atoms with van der Waals surface area (Å²) < 4.78 is 10.4. The zero-order valence-corrected chi connectivity index (χ0v) is 18.7. The number of hydrogen-bond donors (Lipinski definition) is 2. The van der Waals surface area contributed by atoms with E-state index in [1.165, 1.54) is 12.1 Å². The van der Waals surface area contributed by atoms with E-state index >= 15 is 0 Å². The van der Waals surface area contributed by atoms with Crippen LogP contribution in [0.25, 0.3) is 0 Å². The molecule has 2 aliphatic heterocycles. The number of ether oxygens (including phenoxy) is 2. The van der Waals surface area contributed by atoms with Gasteiger partial charge in [-0.2, -0.15) is 0 Å². The van der Waals surface area contributed by atoms with Gasteiger partial charge in [-0.1, -0.05) is 20.8 Å². The lowest BCUT2D eigenvalue weighted by Gasteiger charge is -2.31. The van der Waals surface area contributed by atoms with Crippen LogP contribution in [0.1, 0.15) is 33.6 Å². The highest BCUT2D eigenvalue weighted by atomic mass is 16.7. The Morgan fingerprint density at radius 1 is 1.23 bits per heavy atom. The Morgan fingerprint density at radius 3 is 2.45 bits per heavy atom. The van der Waals surface area contributed by atoms with Crippen molar-refractivity contribution in [2.24, 2.45) is 17.6 Å². The lowest BCUT2D eigenvalue weighted by Crippen LogP contribution is -2.56. The number of ketones is 1. The topological polar surface area (TPSA) is 140 Å². The Kier molecular flexibility index (Phi) is 9.20. The molecule has 2 saturated heterocycles. The Labute approximate surface area is 182 Å². The third kappa shape index (κ3) is 6.88. The van der Waals surface area contributed by atoms with Crippen molar-refractivity contribution in [3.8, 4) is 0 Å². The lowest BCUT2D eigenvalue weighted by molar-refractivity contribution is -0.149. The van der Waals surface area contributed by atoms with E-state index in [0.717, 1.165) is 4.90 Å². The van der Waals surface area contributed by atoms with E-state index < -0.39 is 41.9 Å². The number of carbonyl (C=O) groups is 4. The van der Waals surface area contributed by atoms with Crippen molar-refractivity contribution in [1.82, 2.24) is 15.3 Å². The SMILES string of the molecule is CC(C)C(C)CC[C@H](NC(=O)ON1CCOCC1)C(=O)N(C)C1C(=O)COC1C(N)=O. The summed E-state index contributed by atoms with van der Waals surface area (Å²) in [7, 11) is 1.41. The highest BCUT2D eigenvalue weighted by Gasteiger charge is 2.45. The predicted molar refractivity (Wildman–Crippen MR) is 110 cm³/mol. The van der Waals surface area contributed by atoms with E-state index in [9.17, 15) is 19.2 Å². The number of primary amides is 1. The Morgan fingerprint density at radius 2 is 1.87 bits per heavy atom. The molecule has 2 heterocycles. The maximum atomic E-state index is 13.2. The molecule has 0 aliphatic carbocycles. The third-order valence-electron chi connectivity index (χ3n) is 5.89. The smallest absolute Gasteiger partial charge is 0.379 e. The van der Waals surface area contributed by atoms with Crippen molar-refractivity contribution in [1.29, 1.82) is 0 Å². The van der Waals surface area contributed by atoms with Crippen LogP contribution in [0.5, 0.6) is 0 Å². The first-order valence-electron chi connectivity index (χ1n) is 10.6. The second kappa shape index (κ2) is 11.4. The first-order chi connectivity index (χ1) is 14.6. The number of nitrogens with two attached hydrogens (primary N) is 1. The molecule has 0 radical (unpaired) electrons. The first-order valence-corrected chi connectivity index (χ1v) is 10.6. The van der Waals surface area contributed by atoms with Crippen molar-refractivity contribution in [3.05, 3.63) is 0 Å². The average Bonchev–Trinajstić information content (AvgIpc) is 3.12. The van der Waals surface area contributed by atoms with Crippen molar-refractivity contribution in [2.75, 3.05) is 40.0 Å². The van der Waals surface area contributed by atoms with Crippen LogP contribution in [0.15, 0.2) is 0 Å². The normalized spacial score (nSPS) is 24.0. The number of rotatable bonds is 9. The maximum absolute atomic E-state index is 13.2. The summed E-state index contributed by atoms with van der Waals surface area (Å²) >= 11 is 0. The molecule has 11 nitrogen and oxygen atoms in total. The van der Waals surface area contributed by atoms with Crippen molar-refractivity contribution < 1.29 is 33.5 Å². The van der Waals surface area contributed by atoms with Crippen molar-refractivity contribution in [3.63, 3.8) is 0 Å². The number of hydroxylamine groups is 2. The lowest BCUT2D eigenvalue weighted by atomic mass is 9.91. The van der Waals surface area contributed by atoms with Crippen LogP contribution < -0.4 is 11.1 Å². The standard InChI is InChI=1S/C20H34N4O7/c1-12(2)13(3)5-6-14(22-20(28)31-24-7-9-29-10-8-24)19(27)23(4)16-15(25)11-30-17(16)18(21)26/h12-14,16-17H,5-11H2,1-4H3,(H2,21,26)(H,22,28)/t13?,14-,16?,17?/m0/s1. The van der Waals surface area contributed by atoms with Gasteiger partial charge in [0.15, 0.2) is 11.9 Å². The minimum Gasteiger partial charge on any atom is -0.379 e.